The summed E-state index contributed by atoms with van der Waals surface area (Å²) < 4.78 is 26.2. The summed E-state index contributed by atoms with van der Waals surface area (Å²) in [6.07, 6.45) is -11.1. The molecule has 1 saturated carbocycles. The molecular weight excluding hydrogens is 671 g/mol. The third-order valence-electron chi connectivity index (χ3n) is 7.67. The summed E-state index contributed by atoms with van der Waals surface area (Å²) in [4.78, 5) is 57.8. The maximum Gasteiger partial charge on any atom is 0.249 e. The molecule has 0 bridgehead atoms. The van der Waals surface area contributed by atoms with Crippen LogP contribution in [0.4, 0.5) is 0 Å². The Bertz CT molecular complexity index is 1090. The lowest BCUT2D eigenvalue weighted by Crippen LogP contribution is -2.67. The maximum absolute atomic E-state index is 12.3. The van der Waals surface area contributed by atoms with E-state index in [-0.39, 0.29) is 38.2 Å². The monoisotopic (exact) mass is 718 g/mol. The maximum atomic E-state index is 12.3. The van der Waals surface area contributed by atoms with Gasteiger partial charge in [-0.2, -0.15) is 11.8 Å². The fraction of sp³-hybridized carbons (Fsp3) is 0.880. The first-order chi connectivity index (χ1) is 21.7. The number of nitrogens with two attached hydrogens (primary N) is 3. The van der Waals surface area contributed by atoms with Crippen molar-refractivity contribution < 1.29 is 68.3 Å². The van der Waals surface area contributed by atoms with E-state index in [1.54, 1.807) is 0 Å². The smallest absolute Gasteiger partial charge is 0.249 e. The highest BCUT2D eigenvalue weighted by atomic mass is 32.2. The molecule has 1 saturated heterocycles. The summed E-state index contributed by atoms with van der Waals surface area (Å²) in [5.74, 6) is -1.44. The molecule has 1 aliphatic heterocycles. The largest absolute Gasteiger partial charge is 0.790 e. The average Bonchev–Trinajstić information content (AvgIpc) is 2.99. The molecule has 1 aliphatic carbocycles. The lowest BCUT2D eigenvalue weighted by atomic mass is 9.84. The predicted molar refractivity (Wildman–Crippen MR) is 160 cm³/mol. The number of ether oxygens (including phenoxy) is 2. The number of carbonyl (C=O) groups is 3. The topological polar surface area (TPSA) is 357 Å². The number of amides is 3. The van der Waals surface area contributed by atoms with Gasteiger partial charge in [0.05, 0.1) is 32.3 Å². The van der Waals surface area contributed by atoms with Gasteiger partial charge in [-0.05, 0) is 6.42 Å². The predicted octanol–water partition coefficient (Wildman–Crippen LogP) is -7.37. The van der Waals surface area contributed by atoms with Crippen molar-refractivity contribution in [1.82, 2.24) is 16.0 Å². The van der Waals surface area contributed by atoms with E-state index in [1.165, 1.54) is 25.6 Å². The number of phosphoric ester groups is 1. The first-order valence-electron chi connectivity index (χ1n) is 14.8. The van der Waals surface area contributed by atoms with Gasteiger partial charge in [0.25, 0.3) is 0 Å². The standard InChI is InChI=1S/C25H49N6O14PS/c1-25(2,10-43-46(40,41)42)22(38)23(39)30-4-3-14(32)29-5-6-47-9-15(33)31-8-13-18(35)19(36)16(28)24(44-13)45-21-12(27)7-11(26)17(34)20(21)37/h11-13,16-22,24,34-38H,3-10,26-28H2,1-2H3,(H,29,32)(H,30,39)(H,31,33)(H2,40,41,42)/p-2/t11-,12+,13-,16-,17+,18-,19-,20-,21?,22+,24-/m1/s1. The van der Waals surface area contributed by atoms with Gasteiger partial charge in [0.2, 0.25) is 17.7 Å². The quantitative estimate of drug-likeness (QED) is 0.0491. The van der Waals surface area contributed by atoms with Gasteiger partial charge in [-0.3, -0.25) is 14.4 Å². The number of rotatable bonds is 17. The molecule has 0 aromatic rings. The van der Waals surface area contributed by atoms with Gasteiger partial charge in [-0.1, -0.05) is 13.8 Å². The Morgan fingerprint density at radius 1 is 0.979 bits per heavy atom. The van der Waals surface area contributed by atoms with Crippen LogP contribution in [0.15, 0.2) is 0 Å². The lowest BCUT2D eigenvalue weighted by molar-refractivity contribution is -0.343. The zero-order chi connectivity index (χ0) is 35.7. The van der Waals surface area contributed by atoms with E-state index < -0.39 is 105 Å². The van der Waals surface area contributed by atoms with Crippen LogP contribution in [0.1, 0.15) is 26.7 Å². The van der Waals surface area contributed by atoms with Crippen molar-refractivity contribution in [3.8, 4) is 0 Å². The summed E-state index contributed by atoms with van der Waals surface area (Å²) in [5, 5.41) is 58.9. The van der Waals surface area contributed by atoms with Gasteiger partial charge in [0.1, 0.15) is 36.6 Å². The number of hydrogen-bond donors (Lipinski definition) is 11. The Labute approximate surface area is 275 Å². The minimum Gasteiger partial charge on any atom is -0.790 e. The number of hydrogen-bond acceptors (Lipinski definition) is 18. The SMILES string of the molecule is CC(C)(COP(=O)([O-])[O-])[C@@H](O)C(=O)NCCC(=O)NCCSCC(=O)NC[C@H]1O[C@H](OC2[C@@H](N)C[C@@H](N)[C@H](O)[C@H]2O)[C@H](N)[C@@H](O)[C@@H]1O. The van der Waals surface area contributed by atoms with Crippen molar-refractivity contribution >= 4 is 37.3 Å². The number of nitrogens with one attached hydrogen (secondary N) is 3. The molecule has 0 spiro atoms. The summed E-state index contributed by atoms with van der Waals surface area (Å²) in [6.45, 7) is 1.75. The second kappa shape index (κ2) is 18.5. The van der Waals surface area contributed by atoms with Crippen molar-refractivity contribution in [2.45, 2.75) is 93.8 Å². The molecule has 2 aliphatic rings. The van der Waals surface area contributed by atoms with E-state index >= 15 is 0 Å². The van der Waals surface area contributed by atoms with Crippen LogP contribution in [0, 0.1) is 5.41 Å². The Kier molecular flexibility index (Phi) is 16.4. The van der Waals surface area contributed by atoms with Crippen LogP contribution in [0.5, 0.6) is 0 Å². The zero-order valence-electron chi connectivity index (χ0n) is 26.0. The Morgan fingerprint density at radius 2 is 1.64 bits per heavy atom. The van der Waals surface area contributed by atoms with E-state index in [0.29, 0.717) is 5.75 Å². The van der Waals surface area contributed by atoms with Crippen LogP contribution in [0.2, 0.25) is 0 Å². The molecule has 47 heavy (non-hydrogen) atoms. The summed E-state index contributed by atoms with van der Waals surface area (Å²) in [6, 6.07) is -2.77. The summed E-state index contributed by atoms with van der Waals surface area (Å²) >= 11 is 1.18. The van der Waals surface area contributed by atoms with E-state index in [4.69, 9.17) is 26.7 Å². The van der Waals surface area contributed by atoms with Crippen LogP contribution >= 0.6 is 19.6 Å². The summed E-state index contributed by atoms with van der Waals surface area (Å²) in [5.41, 5.74) is 16.3. The van der Waals surface area contributed by atoms with Crippen LogP contribution in [0.3, 0.4) is 0 Å². The molecule has 20 nitrogen and oxygen atoms in total. The van der Waals surface area contributed by atoms with Crippen LogP contribution in [-0.4, -0.2) is 148 Å². The molecule has 0 aromatic heterocycles. The molecule has 1 unspecified atom stereocenters. The third kappa shape index (κ3) is 13.0. The van der Waals surface area contributed by atoms with Gasteiger partial charge in [0.15, 0.2) is 6.29 Å². The minimum atomic E-state index is -5.29. The van der Waals surface area contributed by atoms with Crippen molar-refractivity contribution in [2.24, 2.45) is 22.6 Å². The number of aliphatic hydroxyl groups excluding tert-OH is 5. The minimum absolute atomic E-state index is 0.0243. The molecule has 1 heterocycles. The van der Waals surface area contributed by atoms with Crippen molar-refractivity contribution in [3.05, 3.63) is 0 Å². The highest BCUT2D eigenvalue weighted by molar-refractivity contribution is 7.99. The van der Waals surface area contributed by atoms with Crippen molar-refractivity contribution in [1.29, 1.82) is 0 Å². The molecule has 274 valence electrons. The number of phosphoric acid groups is 1. The van der Waals surface area contributed by atoms with E-state index in [1.807, 2.05) is 0 Å². The Balaban J connectivity index is 1.66. The zero-order valence-corrected chi connectivity index (χ0v) is 27.7. The second-order valence-electron chi connectivity index (χ2n) is 12.1. The molecule has 22 heteroatoms. The fourth-order valence-corrected chi connectivity index (χ4v) is 5.89. The van der Waals surface area contributed by atoms with Crippen molar-refractivity contribution in [3.63, 3.8) is 0 Å². The third-order valence-corrected chi connectivity index (χ3v) is 9.07. The number of aliphatic hydroxyl groups is 5. The molecule has 14 N–H and O–H groups in total. The first-order valence-corrected chi connectivity index (χ1v) is 17.4. The van der Waals surface area contributed by atoms with Crippen molar-refractivity contribution in [2.75, 3.05) is 37.7 Å². The van der Waals surface area contributed by atoms with Gasteiger partial charge in [0, 0.05) is 49.3 Å². The lowest BCUT2D eigenvalue weighted by Gasteiger charge is -2.45. The molecule has 0 aromatic carbocycles. The first kappa shape index (κ1) is 41.6. The van der Waals surface area contributed by atoms with E-state index in [9.17, 15) is 54.3 Å². The Hall–Kier alpha value is -1.53. The van der Waals surface area contributed by atoms with Gasteiger partial charge >= 0.3 is 0 Å². The average molecular weight is 719 g/mol. The molecule has 3 amide bonds. The fourth-order valence-electron chi connectivity index (χ4n) is 4.73. The van der Waals surface area contributed by atoms with Crippen LogP contribution in [0.25, 0.3) is 0 Å². The molecule has 11 atom stereocenters. The van der Waals surface area contributed by atoms with Gasteiger partial charge in [-0.15, -0.1) is 0 Å². The molecule has 2 fully saturated rings. The number of carbonyl (C=O) groups excluding carboxylic acids is 3. The van der Waals surface area contributed by atoms with Crippen LogP contribution in [-0.2, 0) is 32.9 Å². The highest BCUT2D eigenvalue weighted by Crippen LogP contribution is 2.31. The molecule has 2 rings (SSSR count). The highest BCUT2D eigenvalue weighted by Gasteiger charge is 2.48. The van der Waals surface area contributed by atoms with Crippen LogP contribution < -0.4 is 42.9 Å². The van der Waals surface area contributed by atoms with Gasteiger partial charge in [-0.25, -0.2) is 0 Å². The summed E-state index contributed by atoms with van der Waals surface area (Å²) in [7, 11) is -5.29. The van der Waals surface area contributed by atoms with E-state index in [0.717, 1.165) is 0 Å². The van der Waals surface area contributed by atoms with E-state index in [2.05, 4.69) is 20.5 Å². The Morgan fingerprint density at radius 3 is 2.28 bits per heavy atom. The molecular formula is C25H47N6O14PS-2. The normalized spacial score (nSPS) is 32.3. The molecule has 0 radical (unpaired) electrons. The van der Waals surface area contributed by atoms with Gasteiger partial charge < -0.3 is 87.0 Å². The number of thioether (sulfide) groups is 1. The second-order valence-corrected chi connectivity index (χ2v) is 14.4.